The van der Waals surface area contributed by atoms with Gasteiger partial charge in [-0.2, -0.15) is 0 Å². The summed E-state index contributed by atoms with van der Waals surface area (Å²) in [5, 5.41) is 2.80. The molecular formula is C19H28FN3O3. The minimum atomic E-state index is -0.582. The number of unbranched alkanes of at least 4 members (excludes halogenated alkanes) is 1. The van der Waals surface area contributed by atoms with Gasteiger partial charge < -0.3 is 15.0 Å². The van der Waals surface area contributed by atoms with E-state index in [1.165, 1.54) is 13.2 Å². The highest BCUT2D eigenvalue weighted by Gasteiger charge is 2.32. The van der Waals surface area contributed by atoms with E-state index in [4.69, 9.17) is 4.74 Å². The summed E-state index contributed by atoms with van der Waals surface area (Å²) in [5.41, 5.74) is 0.484. The van der Waals surface area contributed by atoms with Crippen molar-refractivity contribution in [3.63, 3.8) is 0 Å². The van der Waals surface area contributed by atoms with Crippen molar-refractivity contribution in [3.05, 3.63) is 29.6 Å². The first-order valence-corrected chi connectivity index (χ1v) is 9.04. The molecule has 26 heavy (non-hydrogen) atoms. The van der Waals surface area contributed by atoms with Gasteiger partial charge in [-0.3, -0.25) is 14.5 Å². The van der Waals surface area contributed by atoms with Crippen LogP contribution in [0.5, 0.6) is 5.75 Å². The topological polar surface area (TPSA) is 61.9 Å². The van der Waals surface area contributed by atoms with Crippen LogP contribution in [0.2, 0.25) is 0 Å². The molecule has 0 bridgehead atoms. The van der Waals surface area contributed by atoms with E-state index in [2.05, 4.69) is 12.2 Å². The van der Waals surface area contributed by atoms with Gasteiger partial charge in [0.1, 0.15) is 11.6 Å². The van der Waals surface area contributed by atoms with Gasteiger partial charge in [0.05, 0.1) is 19.6 Å². The summed E-state index contributed by atoms with van der Waals surface area (Å²) in [6, 6.07) is 4.10. The third kappa shape index (κ3) is 5.17. The minimum Gasteiger partial charge on any atom is -0.497 e. The normalized spacial score (nSPS) is 17.7. The van der Waals surface area contributed by atoms with Crippen LogP contribution in [0.3, 0.4) is 0 Å². The molecule has 1 fully saturated rings. The predicted molar refractivity (Wildman–Crippen MR) is 97.3 cm³/mol. The van der Waals surface area contributed by atoms with Crippen LogP contribution in [0.1, 0.15) is 31.7 Å². The number of carbonyl (C=O) groups excluding carboxylic acids is 2. The van der Waals surface area contributed by atoms with Crippen molar-refractivity contribution in [2.24, 2.45) is 0 Å². The second kappa shape index (κ2) is 9.52. The maximum atomic E-state index is 14.3. The van der Waals surface area contributed by atoms with Crippen LogP contribution < -0.4 is 10.1 Å². The summed E-state index contributed by atoms with van der Waals surface area (Å²) in [6.45, 7) is 4.09. The Morgan fingerprint density at radius 1 is 1.46 bits per heavy atom. The van der Waals surface area contributed by atoms with Gasteiger partial charge in [-0.1, -0.05) is 19.4 Å². The lowest BCUT2D eigenvalue weighted by Gasteiger charge is -2.35. The van der Waals surface area contributed by atoms with E-state index in [0.717, 1.165) is 12.8 Å². The lowest BCUT2D eigenvalue weighted by molar-refractivity contribution is -0.138. The fourth-order valence-corrected chi connectivity index (χ4v) is 3.02. The van der Waals surface area contributed by atoms with E-state index in [0.29, 0.717) is 30.9 Å². The van der Waals surface area contributed by atoms with Gasteiger partial charge in [0.2, 0.25) is 11.8 Å². The Balaban J connectivity index is 2.07. The molecule has 2 rings (SSSR count). The SMILES string of the molecule is CCCCN(C)C(=O)C[C@H]1C(=O)NCCN1Cc1ccc(OC)cc1F. The highest BCUT2D eigenvalue weighted by atomic mass is 19.1. The molecule has 1 atom stereocenters. The molecule has 144 valence electrons. The average molecular weight is 365 g/mol. The second-order valence-electron chi connectivity index (χ2n) is 6.61. The summed E-state index contributed by atoms with van der Waals surface area (Å²) in [5.74, 6) is -0.171. The number of rotatable bonds is 8. The van der Waals surface area contributed by atoms with Crippen molar-refractivity contribution in [2.75, 3.05) is 33.8 Å². The van der Waals surface area contributed by atoms with E-state index >= 15 is 0 Å². The van der Waals surface area contributed by atoms with E-state index < -0.39 is 6.04 Å². The van der Waals surface area contributed by atoms with Crippen molar-refractivity contribution in [3.8, 4) is 5.75 Å². The van der Waals surface area contributed by atoms with Crippen molar-refractivity contribution in [1.29, 1.82) is 0 Å². The third-order valence-corrected chi connectivity index (χ3v) is 4.72. The first kappa shape index (κ1) is 20.2. The molecule has 1 heterocycles. The van der Waals surface area contributed by atoms with E-state index in [9.17, 15) is 14.0 Å². The summed E-state index contributed by atoms with van der Waals surface area (Å²) in [7, 11) is 3.24. The number of methoxy groups -OCH3 is 1. The van der Waals surface area contributed by atoms with Crippen LogP contribution in [0.4, 0.5) is 4.39 Å². The number of nitrogens with one attached hydrogen (secondary N) is 1. The number of benzene rings is 1. The molecule has 6 nitrogen and oxygen atoms in total. The summed E-state index contributed by atoms with van der Waals surface area (Å²) in [6.07, 6.45) is 2.04. The van der Waals surface area contributed by atoms with Gasteiger partial charge in [-0.25, -0.2) is 4.39 Å². The highest BCUT2D eigenvalue weighted by Crippen LogP contribution is 2.20. The Morgan fingerprint density at radius 2 is 2.23 bits per heavy atom. The van der Waals surface area contributed by atoms with Gasteiger partial charge in [-0.05, 0) is 12.5 Å². The predicted octanol–water partition coefficient (Wildman–Crippen LogP) is 1.78. The van der Waals surface area contributed by atoms with Crippen LogP contribution in [-0.2, 0) is 16.1 Å². The van der Waals surface area contributed by atoms with E-state index in [-0.39, 0.29) is 30.6 Å². The molecule has 2 amide bonds. The summed E-state index contributed by atoms with van der Waals surface area (Å²) in [4.78, 5) is 28.3. The van der Waals surface area contributed by atoms with Crippen LogP contribution in [0.25, 0.3) is 0 Å². The van der Waals surface area contributed by atoms with Gasteiger partial charge in [0.15, 0.2) is 0 Å². The first-order chi connectivity index (χ1) is 12.5. The Kier molecular flexibility index (Phi) is 7.38. The molecule has 7 heteroatoms. The lowest BCUT2D eigenvalue weighted by atomic mass is 10.1. The monoisotopic (exact) mass is 365 g/mol. The van der Waals surface area contributed by atoms with E-state index in [1.807, 2.05) is 4.90 Å². The molecule has 0 aliphatic carbocycles. The number of halogens is 1. The summed E-state index contributed by atoms with van der Waals surface area (Å²) < 4.78 is 19.3. The second-order valence-corrected chi connectivity index (χ2v) is 6.61. The average Bonchev–Trinajstić information content (AvgIpc) is 2.63. The molecule has 1 aromatic carbocycles. The molecule has 0 spiro atoms. The van der Waals surface area contributed by atoms with Crippen molar-refractivity contribution in [2.45, 2.75) is 38.8 Å². The molecule has 1 aliphatic heterocycles. The Hall–Kier alpha value is -2.15. The van der Waals surface area contributed by atoms with Crippen molar-refractivity contribution in [1.82, 2.24) is 15.1 Å². The van der Waals surface area contributed by atoms with Gasteiger partial charge in [0, 0.05) is 44.9 Å². The molecule has 1 N–H and O–H groups in total. The Morgan fingerprint density at radius 3 is 2.88 bits per heavy atom. The zero-order chi connectivity index (χ0) is 19.1. The Bertz CT molecular complexity index is 638. The van der Waals surface area contributed by atoms with Crippen molar-refractivity contribution >= 4 is 11.8 Å². The maximum absolute atomic E-state index is 14.3. The third-order valence-electron chi connectivity index (χ3n) is 4.72. The van der Waals surface area contributed by atoms with E-state index in [1.54, 1.807) is 24.1 Å². The molecule has 0 unspecified atom stereocenters. The lowest BCUT2D eigenvalue weighted by Crippen LogP contribution is -2.56. The zero-order valence-electron chi connectivity index (χ0n) is 15.8. The maximum Gasteiger partial charge on any atom is 0.237 e. The molecule has 0 radical (unpaired) electrons. The number of carbonyl (C=O) groups is 2. The smallest absolute Gasteiger partial charge is 0.237 e. The molecule has 0 saturated carbocycles. The molecular weight excluding hydrogens is 337 g/mol. The Labute approximate surface area is 154 Å². The number of amides is 2. The standard InChI is InChI=1S/C19H28FN3O3/c1-4-5-9-22(2)18(24)12-17-19(25)21-8-10-23(17)13-14-6-7-15(26-3)11-16(14)20/h6-7,11,17H,4-5,8-10,12-13H2,1-3H3,(H,21,25)/t17-/m0/s1. The fourth-order valence-electron chi connectivity index (χ4n) is 3.02. The number of hydrogen-bond donors (Lipinski definition) is 1. The molecule has 0 aromatic heterocycles. The number of nitrogens with zero attached hydrogens (tertiary/aromatic N) is 2. The van der Waals surface area contributed by atoms with Crippen LogP contribution in [0.15, 0.2) is 18.2 Å². The van der Waals surface area contributed by atoms with Gasteiger partial charge >= 0.3 is 0 Å². The first-order valence-electron chi connectivity index (χ1n) is 9.04. The van der Waals surface area contributed by atoms with Crippen LogP contribution in [0, 0.1) is 5.82 Å². The molecule has 1 aromatic rings. The van der Waals surface area contributed by atoms with Gasteiger partial charge in [-0.15, -0.1) is 0 Å². The number of ether oxygens (including phenoxy) is 1. The highest BCUT2D eigenvalue weighted by molar-refractivity contribution is 5.88. The molecule has 1 saturated heterocycles. The summed E-state index contributed by atoms with van der Waals surface area (Å²) >= 11 is 0. The fraction of sp³-hybridized carbons (Fsp3) is 0.579. The van der Waals surface area contributed by atoms with Crippen LogP contribution in [-0.4, -0.2) is 61.4 Å². The zero-order valence-corrected chi connectivity index (χ0v) is 15.8. The quantitative estimate of drug-likeness (QED) is 0.763. The minimum absolute atomic E-state index is 0.0688. The van der Waals surface area contributed by atoms with Crippen molar-refractivity contribution < 1.29 is 18.7 Å². The number of piperazine rings is 1. The largest absolute Gasteiger partial charge is 0.497 e. The van der Waals surface area contributed by atoms with Gasteiger partial charge in [0.25, 0.3) is 0 Å². The number of hydrogen-bond acceptors (Lipinski definition) is 4. The van der Waals surface area contributed by atoms with Crippen LogP contribution >= 0.6 is 0 Å². The molecule has 1 aliphatic rings.